The number of carbonyl (C=O) groups excluding carboxylic acids is 1. The minimum atomic E-state index is -0.0776. The first-order valence-corrected chi connectivity index (χ1v) is 9.12. The number of nitrogens with one attached hydrogen (secondary N) is 3. The minimum Gasteiger partial charge on any atom is -0.381 e. The molecular weight excluding hydrogens is 443 g/mol. The van der Waals surface area contributed by atoms with Crippen molar-refractivity contribution < 1.29 is 9.53 Å². The fourth-order valence-corrected chi connectivity index (χ4v) is 2.15. The quantitative estimate of drug-likeness (QED) is 0.199. The van der Waals surface area contributed by atoms with Crippen LogP contribution in [0, 0.1) is 0 Å². The first-order valence-electron chi connectivity index (χ1n) is 9.12. The van der Waals surface area contributed by atoms with Crippen LogP contribution in [0.3, 0.4) is 0 Å². The number of benzene rings is 1. The topological polar surface area (TPSA) is 74.8 Å². The van der Waals surface area contributed by atoms with E-state index >= 15 is 0 Å². The number of hydrogen-bond donors (Lipinski definition) is 3. The van der Waals surface area contributed by atoms with E-state index in [1.54, 1.807) is 7.05 Å². The van der Waals surface area contributed by atoms with E-state index in [9.17, 15) is 4.79 Å². The Hall–Kier alpha value is -1.35. The highest BCUT2D eigenvalue weighted by atomic mass is 127. The average molecular weight is 476 g/mol. The Morgan fingerprint density at radius 1 is 1.08 bits per heavy atom. The highest BCUT2D eigenvalue weighted by molar-refractivity contribution is 14.0. The number of halogens is 1. The smallest absolute Gasteiger partial charge is 0.251 e. The summed E-state index contributed by atoms with van der Waals surface area (Å²) in [6.45, 7) is 8.03. The van der Waals surface area contributed by atoms with Crippen molar-refractivity contribution in [3.63, 3.8) is 0 Å². The van der Waals surface area contributed by atoms with Crippen molar-refractivity contribution >= 4 is 35.8 Å². The molecule has 1 aromatic rings. The second-order valence-electron chi connectivity index (χ2n) is 5.72. The number of amides is 1. The molecule has 1 amide bonds. The third-order valence-electron chi connectivity index (χ3n) is 3.61. The van der Waals surface area contributed by atoms with Gasteiger partial charge in [-0.3, -0.25) is 4.79 Å². The van der Waals surface area contributed by atoms with Crippen LogP contribution in [-0.2, 0) is 11.3 Å². The summed E-state index contributed by atoms with van der Waals surface area (Å²) >= 11 is 0. The Balaban J connectivity index is 0.00000625. The molecule has 0 heterocycles. The first-order chi connectivity index (χ1) is 12.2. The van der Waals surface area contributed by atoms with Crippen LogP contribution in [-0.4, -0.2) is 45.2 Å². The van der Waals surface area contributed by atoms with Gasteiger partial charge in [0.25, 0.3) is 5.91 Å². The van der Waals surface area contributed by atoms with Crippen LogP contribution in [0.2, 0.25) is 0 Å². The van der Waals surface area contributed by atoms with E-state index in [1.807, 2.05) is 31.2 Å². The highest BCUT2D eigenvalue weighted by Gasteiger charge is 2.02. The summed E-state index contributed by atoms with van der Waals surface area (Å²) in [5, 5.41) is 9.17. The molecule has 0 unspecified atom stereocenters. The van der Waals surface area contributed by atoms with Gasteiger partial charge in [0.15, 0.2) is 5.96 Å². The van der Waals surface area contributed by atoms with Crippen molar-refractivity contribution in [2.45, 2.75) is 39.7 Å². The molecule has 1 rings (SSSR count). The highest BCUT2D eigenvalue weighted by Crippen LogP contribution is 2.05. The van der Waals surface area contributed by atoms with Crippen LogP contribution in [0.4, 0.5) is 0 Å². The number of aliphatic imine (C=N–C) groups is 1. The summed E-state index contributed by atoms with van der Waals surface area (Å²) in [4.78, 5) is 16.1. The molecule has 1 aromatic carbocycles. The van der Waals surface area contributed by atoms with Gasteiger partial charge in [-0.1, -0.05) is 25.5 Å². The van der Waals surface area contributed by atoms with E-state index in [1.165, 1.54) is 6.42 Å². The summed E-state index contributed by atoms with van der Waals surface area (Å²) in [5.41, 5.74) is 1.72. The van der Waals surface area contributed by atoms with Crippen molar-refractivity contribution in [1.82, 2.24) is 16.0 Å². The number of guanidine groups is 1. The summed E-state index contributed by atoms with van der Waals surface area (Å²) in [5.74, 6) is 0.720. The minimum absolute atomic E-state index is 0. The van der Waals surface area contributed by atoms with Gasteiger partial charge in [-0.05, 0) is 37.5 Å². The van der Waals surface area contributed by atoms with Crippen LogP contribution in [0.1, 0.15) is 49.0 Å². The lowest BCUT2D eigenvalue weighted by Crippen LogP contribution is -2.38. The maximum atomic E-state index is 11.5. The first kappa shape index (κ1) is 24.7. The molecule has 0 aliphatic rings. The lowest BCUT2D eigenvalue weighted by Gasteiger charge is -2.11. The van der Waals surface area contributed by atoms with E-state index in [0.29, 0.717) is 12.1 Å². The predicted octanol–water partition coefficient (Wildman–Crippen LogP) is 2.93. The number of nitrogens with zero attached hydrogens (tertiary/aromatic N) is 1. The monoisotopic (exact) mass is 476 g/mol. The zero-order chi connectivity index (χ0) is 18.3. The molecule has 148 valence electrons. The Bertz CT molecular complexity index is 521. The van der Waals surface area contributed by atoms with E-state index < -0.39 is 0 Å². The molecule has 0 radical (unpaired) electrons. The fourth-order valence-electron chi connectivity index (χ4n) is 2.15. The molecule has 3 N–H and O–H groups in total. The van der Waals surface area contributed by atoms with Gasteiger partial charge < -0.3 is 20.7 Å². The Morgan fingerprint density at radius 3 is 2.38 bits per heavy atom. The molecule has 0 aliphatic heterocycles. The average Bonchev–Trinajstić information content (AvgIpc) is 2.65. The summed E-state index contributed by atoms with van der Waals surface area (Å²) in [6.07, 6.45) is 3.24. The molecule has 0 saturated carbocycles. The fraction of sp³-hybridized carbons (Fsp3) is 0.579. The molecule has 0 bridgehead atoms. The molecule has 7 heteroatoms. The predicted molar refractivity (Wildman–Crippen MR) is 118 cm³/mol. The molecule has 0 spiro atoms. The van der Waals surface area contributed by atoms with Crippen molar-refractivity contribution in [1.29, 1.82) is 0 Å². The van der Waals surface area contributed by atoms with Crippen LogP contribution in [0.15, 0.2) is 29.3 Å². The molecular formula is C19H33IN4O2. The number of unbranched alkanes of at least 4 members (excludes halogenated alkanes) is 1. The second kappa shape index (κ2) is 15.9. The van der Waals surface area contributed by atoms with Gasteiger partial charge >= 0.3 is 0 Å². The van der Waals surface area contributed by atoms with Gasteiger partial charge in [0.05, 0.1) is 6.54 Å². The van der Waals surface area contributed by atoms with Gasteiger partial charge in [-0.2, -0.15) is 0 Å². The second-order valence-corrected chi connectivity index (χ2v) is 5.72. The van der Waals surface area contributed by atoms with Crippen LogP contribution < -0.4 is 16.0 Å². The van der Waals surface area contributed by atoms with Crippen LogP contribution >= 0.6 is 24.0 Å². The molecule has 0 aliphatic carbocycles. The van der Waals surface area contributed by atoms with Gasteiger partial charge in [0, 0.05) is 38.9 Å². The summed E-state index contributed by atoms with van der Waals surface area (Å²) in [6, 6.07) is 7.49. The zero-order valence-electron chi connectivity index (χ0n) is 16.1. The van der Waals surface area contributed by atoms with E-state index in [-0.39, 0.29) is 29.9 Å². The summed E-state index contributed by atoms with van der Waals surface area (Å²) < 4.78 is 5.55. The normalized spacial score (nSPS) is 10.8. The number of carbonyl (C=O) groups is 1. The zero-order valence-corrected chi connectivity index (χ0v) is 18.5. The van der Waals surface area contributed by atoms with E-state index in [2.05, 4.69) is 27.9 Å². The number of hydrogen-bond acceptors (Lipinski definition) is 3. The van der Waals surface area contributed by atoms with Gasteiger partial charge in [-0.15, -0.1) is 24.0 Å². The maximum Gasteiger partial charge on any atom is 0.251 e. The molecule has 0 atom stereocenters. The van der Waals surface area contributed by atoms with E-state index in [4.69, 9.17) is 4.74 Å². The summed E-state index contributed by atoms with van der Waals surface area (Å²) in [7, 11) is 1.63. The molecule has 0 saturated heterocycles. The lowest BCUT2D eigenvalue weighted by atomic mass is 10.1. The van der Waals surface area contributed by atoms with Gasteiger partial charge in [0.2, 0.25) is 0 Å². The molecule has 26 heavy (non-hydrogen) atoms. The van der Waals surface area contributed by atoms with Crippen LogP contribution in [0.5, 0.6) is 0 Å². The van der Waals surface area contributed by atoms with E-state index in [0.717, 1.165) is 50.7 Å². The van der Waals surface area contributed by atoms with Crippen molar-refractivity contribution in [2.75, 3.05) is 33.4 Å². The third-order valence-corrected chi connectivity index (χ3v) is 3.61. The Labute approximate surface area is 174 Å². The SMILES string of the molecule is CCCCOCCCNC(=NCc1ccc(C(=O)NC)cc1)NCC.I. The number of ether oxygens (including phenoxy) is 1. The molecule has 0 aromatic heterocycles. The Morgan fingerprint density at radius 2 is 1.77 bits per heavy atom. The third kappa shape index (κ3) is 10.6. The van der Waals surface area contributed by atoms with Gasteiger partial charge in [0.1, 0.15) is 0 Å². The van der Waals surface area contributed by atoms with Crippen molar-refractivity contribution in [3.8, 4) is 0 Å². The van der Waals surface area contributed by atoms with Gasteiger partial charge in [-0.25, -0.2) is 4.99 Å². The Kier molecular flexibility index (Phi) is 15.0. The molecule has 0 fully saturated rings. The van der Waals surface area contributed by atoms with Crippen molar-refractivity contribution in [3.05, 3.63) is 35.4 Å². The maximum absolute atomic E-state index is 11.5. The van der Waals surface area contributed by atoms with Crippen LogP contribution in [0.25, 0.3) is 0 Å². The molecule has 6 nitrogen and oxygen atoms in total. The van der Waals surface area contributed by atoms with Crippen molar-refractivity contribution in [2.24, 2.45) is 4.99 Å². The largest absolute Gasteiger partial charge is 0.381 e. The number of rotatable bonds is 11. The lowest BCUT2D eigenvalue weighted by molar-refractivity contribution is 0.0963. The standard InChI is InChI=1S/C19H32N4O2.HI/c1-4-6-13-25-14-7-12-22-19(21-5-2)23-15-16-8-10-17(11-9-16)18(24)20-3;/h8-11H,4-7,12-15H2,1-3H3,(H,20,24)(H2,21,22,23);1H.